The van der Waals surface area contributed by atoms with Crippen molar-refractivity contribution in [1.82, 2.24) is 14.8 Å². The van der Waals surface area contributed by atoms with Crippen LogP contribution in [0, 0.1) is 6.92 Å². The van der Waals surface area contributed by atoms with Crippen LogP contribution in [0.15, 0.2) is 38.9 Å². The third-order valence-electron chi connectivity index (χ3n) is 3.13. The molecule has 5 nitrogen and oxygen atoms in total. The van der Waals surface area contributed by atoms with E-state index in [1.807, 2.05) is 24.4 Å². The average Bonchev–Trinajstić information content (AvgIpc) is 3.08. The summed E-state index contributed by atoms with van der Waals surface area (Å²) in [5.41, 5.74) is 3.21. The number of nitrogens with zero attached hydrogens (tertiary/aromatic N) is 3. The molecule has 3 aromatic rings. The summed E-state index contributed by atoms with van der Waals surface area (Å²) >= 11 is 1.52. The molecule has 0 unspecified atom stereocenters. The van der Waals surface area contributed by atoms with E-state index in [0.29, 0.717) is 18.9 Å². The van der Waals surface area contributed by atoms with Gasteiger partial charge in [-0.1, -0.05) is 36.8 Å². The number of hydrogen-bond donors (Lipinski definition) is 0. The summed E-state index contributed by atoms with van der Waals surface area (Å²) in [5.74, 6) is 0.0225. The number of rotatable bonds is 4. The summed E-state index contributed by atoms with van der Waals surface area (Å²) in [6, 6.07) is 8.21. The maximum atomic E-state index is 11.6. The highest BCUT2D eigenvalue weighted by atomic mass is 32.1. The minimum atomic E-state index is -0.432. The molecule has 1 aromatic carbocycles. The standard InChI is InChI=1S/C15H15N3O2S/c1-3-13-17-18(15(19)20-13)8-14-16-12(9-21-14)11-6-4-10(2)5-7-11/h4-7,9H,3,8H2,1-2H3. The van der Waals surface area contributed by atoms with Gasteiger partial charge in [-0.15, -0.1) is 16.4 Å². The zero-order valence-corrected chi connectivity index (χ0v) is 12.7. The topological polar surface area (TPSA) is 60.9 Å². The Hall–Kier alpha value is -2.21. The van der Waals surface area contributed by atoms with Crippen molar-refractivity contribution in [2.45, 2.75) is 26.8 Å². The zero-order chi connectivity index (χ0) is 14.8. The maximum absolute atomic E-state index is 11.6. The van der Waals surface area contributed by atoms with Crippen LogP contribution in [-0.4, -0.2) is 14.8 Å². The van der Waals surface area contributed by atoms with Gasteiger partial charge in [0, 0.05) is 17.4 Å². The van der Waals surface area contributed by atoms with Gasteiger partial charge >= 0.3 is 5.76 Å². The van der Waals surface area contributed by atoms with E-state index in [4.69, 9.17) is 4.42 Å². The van der Waals surface area contributed by atoms with Gasteiger partial charge in [0.15, 0.2) is 0 Å². The molecule has 0 bridgehead atoms. The quantitative estimate of drug-likeness (QED) is 0.743. The molecule has 0 radical (unpaired) electrons. The normalized spacial score (nSPS) is 11.0. The molecule has 3 rings (SSSR count). The van der Waals surface area contributed by atoms with E-state index in [-0.39, 0.29) is 0 Å². The molecule has 0 amide bonds. The number of hydrogen-bond acceptors (Lipinski definition) is 5. The minimum Gasteiger partial charge on any atom is -0.392 e. The summed E-state index contributed by atoms with van der Waals surface area (Å²) in [4.78, 5) is 16.2. The highest BCUT2D eigenvalue weighted by molar-refractivity contribution is 7.09. The molecule has 0 aliphatic heterocycles. The fourth-order valence-corrected chi connectivity index (χ4v) is 2.74. The summed E-state index contributed by atoms with van der Waals surface area (Å²) in [5, 5.41) is 6.95. The van der Waals surface area contributed by atoms with E-state index in [0.717, 1.165) is 16.3 Å². The molecule has 2 aromatic heterocycles. The maximum Gasteiger partial charge on any atom is 0.437 e. The third kappa shape index (κ3) is 2.95. The smallest absolute Gasteiger partial charge is 0.392 e. The van der Waals surface area contributed by atoms with Crippen LogP contribution in [0.4, 0.5) is 0 Å². The summed E-state index contributed by atoms with van der Waals surface area (Å²) in [7, 11) is 0. The van der Waals surface area contributed by atoms with Crippen molar-refractivity contribution >= 4 is 11.3 Å². The number of aryl methyl sites for hydroxylation is 2. The van der Waals surface area contributed by atoms with E-state index in [2.05, 4.69) is 29.1 Å². The molecule has 108 valence electrons. The van der Waals surface area contributed by atoms with Crippen LogP contribution in [0.2, 0.25) is 0 Å². The molecule has 0 fully saturated rings. The summed E-state index contributed by atoms with van der Waals surface area (Å²) in [6.45, 7) is 4.30. The average molecular weight is 301 g/mol. The molecular weight excluding hydrogens is 286 g/mol. The van der Waals surface area contributed by atoms with Gasteiger partial charge in [-0.2, -0.15) is 4.68 Å². The second kappa shape index (κ2) is 5.65. The molecule has 0 N–H and O–H groups in total. The molecule has 0 atom stereocenters. The lowest BCUT2D eigenvalue weighted by atomic mass is 10.1. The van der Waals surface area contributed by atoms with Gasteiger partial charge in [-0.25, -0.2) is 9.78 Å². The van der Waals surface area contributed by atoms with Crippen molar-refractivity contribution in [3.8, 4) is 11.3 Å². The second-order valence-corrected chi connectivity index (χ2v) is 5.71. The lowest BCUT2D eigenvalue weighted by molar-refractivity contribution is 0.454. The molecular formula is C15H15N3O2S. The van der Waals surface area contributed by atoms with Crippen LogP contribution in [0.3, 0.4) is 0 Å². The lowest BCUT2D eigenvalue weighted by Gasteiger charge is -1.97. The lowest BCUT2D eigenvalue weighted by Crippen LogP contribution is -2.16. The Labute approximate surface area is 125 Å². The minimum absolute atomic E-state index is 0.346. The van der Waals surface area contributed by atoms with Crippen molar-refractivity contribution in [3.63, 3.8) is 0 Å². The van der Waals surface area contributed by atoms with Gasteiger partial charge in [-0.3, -0.25) is 0 Å². The molecule has 0 saturated heterocycles. The van der Waals surface area contributed by atoms with Crippen molar-refractivity contribution in [2.24, 2.45) is 0 Å². The first-order valence-electron chi connectivity index (χ1n) is 6.74. The molecule has 0 spiro atoms. The van der Waals surface area contributed by atoms with Gasteiger partial charge in [0.1, 0.15) is 11.6 Å². The van der Waals surface area contributed by atoms with Crippen LogP contribution in [-0.2, 0) is 13.0 Å². The Morgan fingerprint density at radius 2 is 2.05 bits per heavy atom. The Bertz CT molecular complexity index is 799. The molecule has 0 aliphatic carbocycles. The molecule has 0 aliphatic rings. The second-order valence-electron chi connectivity index (χ2n) is 4.77. The van der Waals surface area contributed by atoms with E-state index in [9.17, 15) is 4.79 Å². The van der Waals surface area contributed by atoms with Gasteiger partial charge in [-0.05, 0) is 6.92 Å². The number of aromatic nitrogens is 3. The predicted molar refractivity (Wildman–Crippen MR) is 81.5 cm³/mol. The van der Waals surface area contributed by atoms with Gasteiger partial charge in [0.05, 0.1) is 5.69 Å². The summed E-state index contributed by atoms with van der Waals surface area (Å²) in [6.07, 6.45) is 0.606. The third-order valence-corrected chi connectivity index (χ3v) is 3.97. The SMILES string of the molecule is CCc1nn(Cc2nc(-c3ccc(C)cc3)cs2)c(=O)o1. The van der Waals surface area contributed by atoms with Crippen molar-refractivity contribution in [3.05, 3.63) is 56.7 Å². The summed E-state index contributed by atoms with van der Waals surface area (Å²) < 4.78 is 6.33. The molecule has 6 heteroatoms. The van der Waals surface area contributed by atoms with E-state index < -0.39 is 5.76 Å². The first kappa shape index (κ1) is 13.8. The van der Waals surface area contributed by atoms with Gasteiger partial charge < -0.3 is 4.42 Å². The van der Waals surface area contributed by atoms with E-state index >= 15 is 0 Å². The first-order chi connectivity index (χ1) is 10.2. The Kier molecular flexibility index (Phi) is 3.70. The van der Waals surface area contributed by atoms with E-state index in [1.54, 1.807) is 0 Å². The number of benzene rings is 1. The highest BCUT2D eigenvalue weighted by Gasteiger charge is 2.10. The van der Waals surface area contributed by atoms with Crippen LogP contribution < -0.4 is 5.76 Å². The van der Waals surface area contributed by atoms with Crippen LogP contribution in [0.5, 0.6) is 0 Å². The fourth-order valence-electron chi connectivity index (χ4n) is 1.96. The first-order valence-corrected chi connectivity index (χ1v) is 7.62. The predicted octanol–water partition coefficient (Wildman–Crippen LogP) is 2.88. The van der Waals surface area contributed by atoms with Crippen molar-refractivity contribution < 1.29 is 4.42 Å². The van der Waals surface area contributed by atoms with Crippen molar-refractivity contribution in [1.29, 1.82) is 0 Å². The molecule has 2 heterocycles. The highest BCUT2D eigenvalue weighted by Crippen LogP contribution is 2.22. The fraction of sp³-hybridized carbons (Fsp3) is 0.267. The number of thiazole rings is 1. The van der Waals surface area contributed by atoms with E-state index in [1.165, 1.54) is 21.6 Å². The van der Waals surface area contributed by atoms with Gasteiger partial charge in [0.25, 0.3) is 0 Å². The van der Waals surface area contributed by atoms with Gasteiger partial charge in [0.2, 0.25) is 5.89 Å². The molecule has 21 heavy (non-hydrogen) atoms. The monoisotopic (exact) mass is 301 g/mol. The largest absolute Gasteiger partial charge is 0.437 e. The Morgan fingerprint density at radius 3 is 2.71 bits per heavy atom. The Morgan fingerprint density at radius 1 is 1.29 bits per heavy atom. The van der Waals surface area contributed by atoms with Crippen LogP contribution in [0.1, 0.15) is 23.4 Å². The molecule has 0 saturated carbocycles. The Balaban J connectivity index is 1.83. The van der Waals surface area contributed by atoms with Crippen LogP contribution >= 0.6 is 11.3 Å². The van der Waals surface area contributed by atoms with Crippen LogP contribution in [0.25, 0.3) is 11.3 Å². The zero-order valence-electron chi connectivity index (χ0n) is 11.9. The van der Waals surface area contributed by atoms with Crippen molar-refractivity contribution in [2.75, 3.05) is 0 Å².